The summed E-state index contributed by atoms with van der Waals surface area (Å²) in [6, 6.07) is 11.0. The van der Waals surface area contributed by atoms with Crippen LogP contribution in [-0.4, -0.2) is 31.6 Å². The lowest BCUT2D eigenvalue weighted by Gasteiger charge is -2.29. The van der Waals surface area contributed by atoms with Crippen molar-refractivity contribution in [2.75, 3.05) is 30.6 Å². The van der Waals surface area contributed by atoms with Crippen molar-refractivity contribution in [2.24, 2.45) is 0 Å². The number of hydrogen-bond donors (Lipinski definition) is 0. The molecule has 22 heavy (non-hydrogen) atoms. The van der Waals surface area contributed by atoms with Crippen molar-refractivity contribution in [3.8, 4) is 0 Å². The Morgan fingerprint density at radius 3 is 2.86 bits per heavy atom. The molecule has 0 saturated carbocycles. The Bertz CT molecular complexity index is 653. The quantitative estimate of drug-likeness (QED) is 0.855. The van der Waals surface area contributed by atoms with E-state index in [0.29, 0.717) is 17.4 Å². The SMILES string of the molecule is COC(=O)N(c1ccccc1Cl)N1CON(c2cccs2)C1. The number of hydroxylamine groups is 1. The Morgan fingerprint density at radius 1 is 1.36 bits per heavy atom. The predicted octanol–water partition coefficient (Wildman–Crippen LogP) is 3.56. The molecule has 2 heterocycles. The average molecular weight is 340 g/mol. The molecule has 8 heteroatoms. The molecule has 1 aromatic heterocycles. The monoisotopic (exact) mass is 339 g/mol. The molecule has 1 aliphatic rings. The highest BCUT2D eigenvalue weighted by atomic mass is 35.5. The molecule has 0 atom stereocenters. The van der Waals surface area contributed by atoms with E-state index >= 15 is 0 Å². The van der Waals surface area contributed by atoms with Crippen LogP contribution in [0.15, 0.2) is 41.8 Å². The third kappa shape index (κ3) is 2.89. The van der Waals surface area contributed by atoms with E-state index in [2.05, 4.69) is 0 Å². The molecule has 0 spiro atoms. The molecule has 0 unspecified atom stereocenters. The number of benzene rings is 1. The fraction of sp³-hybridized carbons (Fsp3) is 0.214. The first kappa shape index (κ1) is 15.1. The summed E-state index contributed by atoms with van der Waals surface area (Å²) in [5.41, 5.74) is 0.549. The van der Waals surface area contributed by atoms with Crippen LogP contribution in [0.5, 0.6) is 0 Å². The maximum atomic E-state index is 12.2. The van der Waals surface area contributed by atoms with Gasteiger partial charge in [-0.25, -0.2) is 14.9 Å². The molecule has 1 saturated heterocycles. The zero-order chi connectivity index (χ0) is 15.5. The van der Waals surface area contributed by atoms with Gasteiger partial charge in [0.2, 0.25) is 0 Å². The van der Waals surface area contributed by atoms with E-state index in [4.69, 9.17) is 21.2 Å². The number of amides is 1. The van der Waals surface area contributed by atoms with Crippen LogP contribution in [-0.2, 0) is 9.57 Å². The number of carbonyl (C=O) groups is 1. The number of carbonyl (C=O) groups excluding carboxylic acids is 1. The van der Waals surface area contributed by atoms with E-state index < -0.39 is 6.09 Å². The van der Waals surface area contributed by atoms with Gasteiger partial charge in [0.1, 0.15) is 18.4 Å². The minimum absolute atomic E-state index is 0.220. The molecule has 1 aromatic carbocycles. The van der Waals surface area contributed by atoms with Crippen LogP contribution in [0.1, 0.15) is 0 Å². The van der Waals surface area contributed by atoms with E-state index in [1.165, 1.54) is 12.1 Å². The van der Waals surface area contributed by atoms with Crippen LogP contribution in [0.25, 0.3) is 0 Å². The van der Waals surface area contributed by atoms with Crippen molar-refractivity contribution in [3.05, 3.63) is 46.8 Å². The smallest absolute Gasteiger partial charge is 0.429 e. The molecule has 2 aromatic rings. The second kappa shape index (κ2) is 6.53. The first-order valence-corrected chi connectivity index (χ1v) is 7.78. The third-order valence-electron chi connectivity index (χ3n) is 3.12. The van der Waals surface area contributed by atoms with E-state index in [0.717, 1.165) is 5.00 Å². The van der Waals surface area contributed by atoms with E-state index in [9.17, 15) is 4.79 Å². The summed E-state index contributed by atoms with van der Waals surface area (Å²) in [5.74, 6) is 0. The molecule has 1 amide bonds. The Morgan fingerprint density at radius 2 is 2.18 bits per heavy atom. The van der Waals surface area contributed by atoms with Crippen molar-refractivity contribution < 1.29 is 14.4 Å². The Labute approximate surface area is 136 Å². The number of hydrazine groups is 1. The number of hydrogen-bond acceptors (Lipinski definition) is 6. The van der Waals surface area contributed by atoms with Gasteiger partial charge in [-0.05, 0) is 29.6 Å². The Hall–Kier alpha value is -1.80. The van der Waals surface area contributed by atoms with Gasteiger partial charge in [-0.3, -0.25) is 4.84 Å². The highest BCUT2D eigenvalue weighted by Crippen LogP contribution is 2.31. The van der Waals surface area contributed by atoms with Crippen LogP contribution in [0, 0.1) is 0 Å². The summed E-state index contributed by atoms with van der Waals surface area (Å²) in [4.78, 5) is 17.8. The largest absolute Gasteiger partial charge is 0.452 e. The highest BCUT2D eigenvalue weighted by Gasteiger charge is 2.33. The van der Waals surface area contributed by atoms with Crippen molar-refractivity contribution in [1.29, 1.82) is 0 Å². The molecule has 3 rings (SSSR count). The molecule has 6 nitrogen and oxygen atoms in total. The van der Waals surface area contributed by atoms with Gasteiger partial charge in [-0.1, -0.05) is 23.7 Å². The van der Waals surface area contributed by atoms with Gasteiger partial charge in [-0.15, -0.1) is 11.3 Å². The zero-order valence-electron chi connectivity index (χ0n) is 11.8. The number of thiophene rings is 1. The number of para-hydroxylation sites is 1. The van der Waals surface area contributed by atoms with Crippen LogP contribution in [0.4, 0.5) is 15.5 Å². The summed E-state index contributed by atoms with van der Waals surface area (Å²) < 4.78 is 4.88. The van der Waals surface area contributed by atoms with Gasteiger partial charge in [0.05, 0.1) is 17.8 Å². The van der Waals surface area contributed by atoms with Crippen LogP contribution < -0.4 is 10.1 Å². The van der Waals surface area contributed by atoms with Crippen molar-refractivity contribution in [1.82, 2.24) is 5.01 Å². The number of ether oxygens (including phenoxy) is 1. The minimum Gasteiger partial charge on any atom is -0.452 e. The van der Waals surface area contributed by atoms with Gasteiger partial charge in [0, 0.05) is 0 Å². The molecule has 0 radical (unpaired) electrons. The van der Waals surface area contributed by atoms with E-state index in [-0.39, 0.29) is 6.73 Å². The molecule has 1 fully saturated rings. The lowest BCUT2D eigenvalue weighted by Crippen LogP contribution is -2.46. The zero-order valence-corrected chi connectivity index (χ0v) is 13.4. The topological polar surface area (TPSA) is 45.3 Å². The summed E-state index contributed by atoms with van der Waals surface area (Å²) in [6.07, 6.45) is -0.523. The molecule has 116 valence electrons. The van der Waals surface area contributed by atoms with E-state index in [1.807, 2.05) is 23.6 Å². The number of methoxy groups -OCH3 is 1. The molecule has 0 N–H and O–H groups in total. The number of nitrogens with zero attached hydrogens (tertiary/aromatic N) is 3. The van der Waals surface area contributed by atoms with E-state index in [1.54, 1.807) is 39.6 Å². The maximum absolute atomic E-state index is 12.2. The first-order valence-electron chi connectivity index (χ1n) is 6.52. The van der Waals surface area contributed by atoms with Crippen molar-refractivity contribution in [2.45, 2.75) is 0 Å². The maximum Gasteiger partial charge on any atom is 0.429 e. The van der Waals surface area contributed by atoms with Crippen molar-refractivity contribution >= 4 is 39.7 Å². The number of halogens is 1. The van der Waals surface area contributed by atoms with Gasteiger partial charge in [-0.2, -0.15) is 5.01 Å². The van der Waals surface area contributed by atoms with Crippen LogP contribution in [0.2, 0.25) is 5.02 Å². The molecule has 0 bridgehead atoms. The highest BCUT2D eigenvalue weighted by molar-refractivity contribution is 7.14. The summed E-state index contributed by atoms with van der Waals surface area (Å²) in [5, 5.41) is 8.21. The Kier molecular flexibility index (Phi) is 4.49. The fourth-order valence-corrected chi connectivity index (χ4v) is 3.01. The Balaban J connectivity index is 1.85. The molecule has 1 aliphatic heterocycles. The minimum atomic E-state index is -0.523. The third-order valence-corrected chi connectivity index (χ3v) is 4.31. The second-order valence-electron chi connectivity index (χ2n) is 4.47. The normalized spacial score (nSPS) is 15.1. The van der Waals surface area contributed by atoms with Crippen LogP contribution >= 0.6 is 22.9 Å². The predicted molar refractivity (Wildman–Crippen MR) is 85.8 cm³/mol. The number of anilines is 2. The van der Waals surface area contributed by atoms with Gasteiger partial charge >= 0.3 is 6.09 Å². The molecular formula is C14H14ClN3O3S. The lowest BCUT2D eigenvalue weighted by molar-refractivity contribution is 0.108. The van der Waals surface area contributed by atoms with Gasteiger partial charge in [0.15, 0.2) is 0 Å². The van der Waals surface area contributed by atoms with Crippen LogP contribution in [0.3, 0.4) is 0 Å². The fourth-order valence-electron chi connectivity index (χ4n) is 2.11. The second-order valence-corrected chi connectivity index (χ2v) is 5.80. The summed E-state index contributed by atoms with van der Waals surface area (Å²) in [7, 11) is 1.33. The number of rotatable bonds is 3. The van der Waals surface area contributed by atoms with Crippen molar-refractivity contribution in [3.63, 3.8) is 0 Å². The average Bonchev–Trinajstić information content (AvgIpc) is 3.20. The van der Waals surface area contributed by atoms with Gasteiger partial charge in [0.25, 0.3) is 0 Å². The summed E-state index contributed by atoms with van der Waals surface area (Å²) in [6.45, 7) is 0.610. The van der Waals surface area contributed by atoms with Gasteiger partial charge < -0.3 is 4.74 Å². The first-order chi connectivity index (χ1) is 10.7. The summed E-state index contributed by atoms with van der Waals surface area (Å²) >= 11 is 7.77. The standard InChI is InChI=1S/C14H14ClN3O3S/c1-20-14(19)18(12-6-3-2-5-11(12)15)16-9-17(21-10-16)13-7-4-8-22-13/h2-8H,9-10H2,1H3. The molecular weight excluding hydrogens is 326 g/mol. The molecule has 0 aliphatic carbocycles. The lowest BCUT2D eigenvalue weighted by atomic mass is 10.3.